The van der Waals surface area contributed by atoms with E-state index in [4.69, 9.17) is 14.6 Å². The maximum Gasteiger partial charge on any atom is 0.245 e. The molecule has 10 heteroatoms. The Morgan fingerprint density at radius 2 is 1.85 bits per heavy atom. The van der Waals surface area contributed by atoms with Crippen LogP contribution >= 0.6 is 11.8 Å². The van der Waals surface area contributed by atoms with Gasteiger partial charge in [0.1, 0.15) is 0 Å². The quantitative estimate of drug-likeness (QED) is 0.833. The second-order valence-corrected chi connectivity index (χ2v) is 8.00. The van der Waals surface area contributed by atoms with Gasteiger partial charge in [0, 0.05) is 51.2 Å². The van der Waals surface area contributed by atoms with Crippen LogP contribution in [0.1, 0.15) is 19.8 Å². The summed E-state index contributed by atoms with van der Waals surface area (Å²) in [5, 5.41) is 10.7. The number of fused-ring (bicyclic) bond motifs is 1. The highest BCUT2D eigenvalue weighted by Gasteiger charge is 2.27. The summed E-state index contributed by atoms with van der Waals surface area (Å²) in [6.45, 7) is 5.93. The van der Waals surface area contributed by atoms with E-state index in [0.29, 0.717) is 23.8 Å². The highest BCUT2D eigenvalue weighted by Crippen LogP contribution is 2.31. The van der Waals surface area contributed by atoms with Crippen molar-refractivity contribution < 1.29 is 9.42 Å². The van der Waals surface area contributed by atoms with Crippen molar-refractivity contribution in [3.63, 3.8) is 0 Å². The Hall–Kier alpha value is -2.10. The first-order valence-electron chi connectivity index (χ1n) is 9.03. The molecule has 1 atom stereocenters. The zero-order valence-corrected chi connectivity index (χ0v) is 15.7. The fraction of sp³-hybridized carbons (Fsp3) is 0.688. The van der Waals surface area contributed by atoms with Gasteiger partial charge in [-0.2, -0.15) is 11.8 Å². The molecule has 9 nitrogen and oxygen atoms in total. The average molecular weight is 377 g/mol. The van der Waals surface area contributed by atoms with Crippen LogP contribution in [-0.2, 0) is 4.79 Å². The van der Waals surface area contributed by atoms with Crippen molar-refractivity contribution in [3.05, 3.63) is 0 Å². The van der Waals surface area contributed by atoms with Crippen LogP contribution in [0.2, 0.25) is 0 Å². The lowest BCUT2D eigenvalue weighted by molar-refractivity contribution is -0.119. The van der Waals surface area contributed by atoms with Gasteiger partial charge in [-0.15, -0.1) is 0 Å². The summed E-state index contributed by atoms with van der Waals surface area (Å²) in [5.74, 6) is 4.32. The fourth-order valence-corrected chi connectivity index (χ4v) is 4.44. The molecule has 2 fully saturated rings. The minimum absolute atomic E-state index is 0.0171. The number of aromatic nitrogens is 4. The van der Waals surface area contributed by atoms with Gasteiger partial charge in [-0.25, -0.2) is 14.6 Å². The van der Waals surface area contributed by atoms with Crippen molar-refractivity contribution in [2.75, 3.05) is 54.0 Å². The lowest BCUT2D eigenvalue weighted by Crippen LogP contribution is -2.42. The van der Waals surface area contributed by atoms with Gasteiger partial charge in [0.05, 0.1) is 0 Å². The van der Waals surface area contributed by atoms with Gasteiger partial charge in [0.2, 0.25) is 17.2 Å². The number of thioether (sulfide) groups is 1. The van der Waals surface area contributed by atoms with Crippen LogP contribution in [0, 0.1) is 5.92 Å². The van der Waals surface area contributed by atoms with Crippen molar-refractivity contribution >= 4 is 40.6 Å². The van der Waals surface area contributed by atoms with E-state index in [-0.39, 0.29) is 5.91 Å². The number of nitrogens with zero attached hydrogens (tertiary/aromatic N) is 6. The minimum Gasteiger partial charge on any atom is -0.356 e. The molecule has 0 unspecified atom stereocenters. The fourth-order valence-electron chi connectivity index (χ4n) is 3.53. The Kier molecular flexibility index (Phi) is 5.09. The molecule has 0 aliphatic carbocycles. The number of piperidine rings is 1. The second kappa shape index (κ2) is 7.65. The highest BCUT2D eigenvalue weighted by molar-refractivity contribution is 7.99. The maximum absolute atomic E-state index is 11.2. The summed E-state index contributed by atoms with van der Waals surface area (Å²) in [7, 11) is 0. The van der Waals surface area contributed by atoms with Crippen LogP contribution in [0.25, 0.3) is 11.3 Å². The molecule has 0 aromatic carbocycles. The molecule has 0 spiro atoms. The van der Waals surface area contributed by atoms with Gasteiger partial charge < -0.3 is 15.1 Å². The predicted molar refractivity (Wildman–Crippen MR) is 101 cm³/mol. The molecule has 0 saturated carbocycles. The van der Waals surface area contributed by atoms with E-state index in [1.165, 1.54) is 0 Å². The molecular formula is C16H23N7O2S. The van der Waals surface area contributed by atoms with E-state index < -0.39 is 0 Å². The summed E-state index contributed by atoms with van der Waals surface area (Å²) in [6.07, 6.45) is 2.17. The number of carbonyl (C=O) groups excluding carboxylic acids is 1. The monoisotopic (exact) mass is 377 g/mol. The van der Waals surface area contributed by atoms with Crippen LogP contribution in [-0.4, -0.2) is 70.4 Å². The smallest absolute Gasteiger partial charge is 0.245 e. The number of hydrogen-bond donors (Lipinski definition) is 1. The third-order valence-corrected chi connectivity index (χ3v) is 5.79. The number of hydrogen-bond acceptors (Lipinski definition) is 9. The number of amides is 1. The summed E-state index contributed by atoms with van der Waals surface area (Å²) < 4.78 is 4.82. The lowest BCUT2D eigenvalue weighted by atomic mass is 9.98. The van der Waals surface area contributed by atoms with E-state index in [2.05, 4.69) is 25.4 Å². The third kappa shape index (κ3) is 3.69. The third-order valence-electron chi connectivity index (χ3n) is 4.85. The van der Waals surface area contributed by atoms with E-state index in [1.54, 1.807) is 6.92 Å². The zero-order valence-electron chi connectivity index (χ0n) is 14.8. The normalized spacial score (nSPS) is 21.2. The minimum atomic E-state index is 0.0171. The summed E-state index contributed by atoms with van der Waals surface area (Å²) in [4.78, 5) is 25.2. The SMILES string of the molecule is CC(=O)NC[C@@H]1CCCN(c2nc3nonc3nc2N2CCSCC2)C1. The summed E-state index contributed by atoms with van der Waals surface area (Å²) >= 11 is 1.96. The molecule has 2 aliphatic rings. The van der Waals surface area contributed by atoms with Crippen LogP contribution < -0.4 is 15.1 Å². The first kappa shape index (κ1) is 17.3. The molecule has 0 radical (unpaired) electrons. The Labute approximate surface area is 155 Å². The van der Waals surface area contributed by atoms with E-state index in [1.807, 2.05) is 11.8 Å². The molecule has 0 bridgehead atoms. The van der Waals surface area contributed by atoms with Crippen molar-refractivity contribution in [2.24, 2.45) is 5.92 Å². The number of anilines is 2. The van der Waals surface area contributed by atoms with Gasteiger partial charge in [-0.3, -0.25) is 4.79 Å². The summed E-state index contributed by atoms with van der Waals surface area (Å²) in [6, 6.07) is 0. The van der Waals surface area contributed by atoms with Gasteiger partial charge in [-0.1, -0.05) is 0 Å². The molecule has 1 N–H and O–H groups in total. The van der Waals surface area contributed by atoms with E-state index in [9.17, 15) is 4.79 Å². The standard InChI is InChI=1S/C16H23N7O2S/c1-11(24)17-9-12-3-2-4-23(10-12)16-15(22-5-7-26-8-6-22)18-13-14(19-16)21-25-20-13/h12H,2-10H2,1H3,(H,17,24)/t12-/m0/s1. The van der Waals surface area contributed by atoms with E-state index in [0.717, 1.165) is 62.2 Å². The van der Waals surface area contributed by atoms with Crippen LogP contribution in [0.5, 0.6) is 0 Å². The van der Waals surface area contributed by atoms with Crippen molar-refractivity contribution in [1.29, 1.82) is 0 Å². The maximum atomic E-state index is 11.2. The average Bonchev–Trinajstić information content (AvgIpc) is 3.14. The zero-order chi connectivity index (χ0) is 17.9. The predicted octanol–water partition coefficient (Wildman–Crippen LogP) is 0.918. The Morgan fingerprint density at radius 3 is 2.54 bits per heavy atom. The van der Waals surface area contributed by atoms with Gasteiger partial charge in [0.15, 0.2) is 11.6 Å². The molecule has 140 valence electrons. The molecule has 1 amide bonds. The second-order valence-electron chi connectivity index (χ2n) is 6.77. The van der Waals surface area contributed by atoms with Gasteiger partial charge >= 0.3 is 0 Å². The van der Waals surface area contributed by atoms with Crippen molar-refractivity contribution in [3.8, 4) is 0 Å². The van der Waals surface area contributed by atoms with Gasteiger partial charge in [-0.05, 0) is 29.1 Å². The van der Waals surface area contributed by atoms with Crippen LogP contribution in [0.4, 0.5) is 11.6 Å². The van der Waals surface area contributed by atoms with E-state index >= 15 is 0 Å². The number of nitrogens with one attached hydrogen (secondary N) is 1. The lowest BCUT2D eigenvalue weighted by Gasteiger charge is -2.36. The van der Waals surface area contributed by atoms with Crippen molar-refractivity contribution in [1.82, 2.24) is 25.6 Å². The number of rotatable bonds is 4. The molecular weight excluding hydrogens is 354 g/mol. The molecule has 2 aromatic rings. The molecule has 2 aliphatic heterocycles. The number of carbonyl (C=O) groups is 1. The van der Waals surface area contributed by atoms with Crippen LogP contribution in [0.15, 0.2) is 4.63 Å². The molecule has 2 aromatic heterocycles. The van der Waals surface area contributed by atoms with Gasteiger partial charge in [0.25, 0.3) is 0 Å². The highest BCUT2D eigenvalue weighted by atomic mass is 32.2. The van der Waals surface area contributed by atoms with Crippen molar-refractivity contribution in [2.45, 2.75) is 19.8 Å². The first-order valence-corrected chi connectivity index (χ1v) is 10.2. The molecule has 4 rings (SSSR count). The van der Waals surface area contributed by atoms with Crippen LogP contribution in [0.3, 0.4) is 0 Å². The largest absolute Gasteiger partial charge is 0.356 e. The Balaban J connectivity index is 1.62. The Morgan fingerprint density at radius 1 is 1.15 bits per heavy atom. The Bertz CT molecular complexity index is 777. The first-order chi connectivity index (χ1) is 12.7. The topological polar surface area (TPSA) is 100 Å². The summed E-state index contributed by atoms with van der Waals surface area (Å²) in [5.41, 5.74) is 0.896. The molecule has 2 saturated heterocycles. The molecule has 4 heterocycles. The molecule has 26 heavy (non-hydrogen) atoms.